The number of nitrogens with zero attached hydrogens (tertiary/aromatic N) is 2. The van der Waals surface area contributed by atoms with Gasteiger partial charge in [0.15, 0.2) is 0 Å². The summed E-state index contributed by atoms with van der Waals surface area (Å²) in [6.07, 6.45) is 4.62. The van der Waals surface area contributed by atoms with Crippen LogP contribution in [0, 0.1) is 5.92 Å². The van der Waals surface area contributed by atoms with E-state index in [-0.39, 0.29) is 16.1 Å². The highest BCUT2D eigenvalue weighted by molar-refractivity contribution is 7.89. The maximum atomic E-state index is 12.4. The summed E-state index contributed by atoms with van der Waals surface area (Å²) in [6, 6.07) is 3.30. The molecule has 1 aromatic rings. The molecule has 2 bridgehead atoms. The molecule has 0 amide bonds. The molecule has 0 aromatic carbocycles. The number of pyridine rings is 1. The number of rotatable bonds is 2. The molecule has 0 N–H and O–H groups in total. The van der Waals surface area contributed by atoms with Gasteiger partial charge in [-0.3, -0.25) is 0 Å². The summed E-state index contributed by atoms with van der Waals surface area (Å²) in [4.78, 5) is 3.97. The third kappa shape index (κ3) is 1.77. The van der Waals surface area contributed by atoms with E-state index >= 15 is 0 Å². The highest BCUT2D eigenvalue weighted by Crippen LogP contribution is 2.41. The normalized spacial score (nSPS) is 28.8. The van der Waals surface area contributed by atoms with Gasteiger partial charge >= 0.3 is 0 Å². The Labute approximate surface area is 106 Å². The first-order chi connectivity index (χ1) is 8.09. The van der Waals surface area contributed by atoms with Crippen LogP contribution in [0.25, 0.3) is 0 Å². The van der Waals surface area contributed by atoms with Gasteiger partial charge in [-0.15, -0.1) is 0 Å². The van der Waals surface area contributed by atoms with Crippen LogP contribution < -0.4 is 0 Å². The fourth-order valence-corrected chi connectivity index (χ4v) is 5.04. The molecule has 0 radical (unpaired) electrons. The number of fused-ring (bicyclic) bond motifs is 2. The van der Waals surface area contributed by atoms with Crippen LogP contribution in [-0.4, -0.2) is 30.3 Å². The average Bonchev–Trinajstić information content (AvgIpc) is 2.91. The molecule has 4 nitrogen and oxygen atoms in total. The Bertz CT molecular complexity index is 546. The summed E-state index contributed by atoms with van der Waals surface area (Å²) in [5.74, 6) is 0.533. The molecule has 1 aromatic heterocycles. The highest BCUT2D eigenvalue weighted by Gasteiger charge is 2.44. The molecule has 92 valence electrons. The lowest BCUT2D eigenvalue weighted by molar-refractivity contribution is 0.333. The van der Waals surface area contributed by atoms with Crippen LogP contribution >= 0.6 is 11.6 Å². The second-order valence-electron chi connectivity index (χ2n) is 4.70. The summed E-state index contributed by atoms with van der Waals surface area (Å²) in [5, 5.41) is 0.0651. The third-order valence-corrected chi connectivity index (χ3v) is 6.03. The van der Waals surface area contributed by atoms with E-state index in [1.165, 1.54) is 12.3 Å². The van der Waals surface area contributed by atoms with Crippen molar-refractivity contribution < 1.29 is 8.42 Å². The van der Waals surface area contributed by atoms with Crippen LogP contribution in [0.3, 0.4) is 0 Å². The van der Waals surface area contributed by atoms with E-state index in [2.05, 4.69) is 4.98 Å². The Kier molecular flexibility index (Phi) is 2.65. The van der Waals surface area contributed by atoms with Crippen LogP contribution in [0.2, 0.25) is 5.15 Å². The van der Waals surface area contributed by atoms with Gasteiger partial charge in [0.05, 0.1) is 0 Å². The molecule has 6 heteroatoms. The topological polar surface area (TPSA) is 50.3 Å². The minimum atomic E-state index is -3.46. The molecule has 2 unspecified atom stereocenters. The molecule has 2 heterocycles. The van der Waals surface area contributed by atoms with E-state index in [1.807, 2.05) is 0 Å². The van der Waals surface area contributed by atoms with Gasteiger partial charge < -0.3 is 0 Å². The zero-order valence-electron chi connectivity index (χ0n) is 9.21. The summed E-state index contributed by atoms with van der Waals surface area (Å²) >= 11 is 5.87. The van der Waals surface area contributed by atoms with E-state index in [0.29, 0.717) is 12.5 Å². The van der Waals surface area contributed by atoms with Crippen molar-refractivity contribution in [1.82, 2.24) is 9.29 Å². The maximum absolute atomic E-state index is 12.4. The second kappa shape index (κ2) is 3.93. The molecule has 1 saturated carbocycles. The monoisotopic (exact) mass is 272 g/mol. The third-order valence-electron chi connectivity index (χ3n) is 3.67. The van der Waals surface area contributed by atoms with E-state index in [0.717, 1.165) is 19.3 Å². The lowest BCUT2D eigenvalue weighted by Gasteiger charge is -2.26. The number of hydrogen-bond acceptors (Lipinski definition) is 3. The smallest absolute Gasteiger partial charge is 0.243 e. The summed E-state index contributed by atoms with van der Waals surface area (Å²) in [5.41, 5.74) is 0. The summed E-state index contributed by atoms with van der Waals surface area (Å²) in [6.45, 7) is 0.637. The first-order valence-electron chi connectivity index (χ1n) is 5.71. The van der Waals surface area contributed by atoms with Crippen molar-refractivity contribution >= 4 is 21.6 Å². The van der Waals surface area contributed by atoms with Gasteiger partial charge in [-0.25, -0.2) is 13.4 Å². The Morgan fingerprint density at radius 1 is 1.41 bits per heavy atom. The largest absolute Gasteiger partial charge is 0.246 e. The fourth-order valence-electron chi connectivity index (χ4n) is 2.86. The first-order valence-corrected chi connectivity index (χ1v) is 7.53. The summed E-state index contributed by atoms with van der Waals surface area (Å²) in [7, 11) is -3.46. The van der Waals surface area contributed by atoms with Crippen molar-refractivity contribution in [3.8, 4) is 0 Å². The van der Waals surface area contributed by atoms with Crippen molar-refractivity contribution in [3.63, 3.8) is 0 Å². The van der Waals surface area contributed by atoms with Crippen LogP contribution in [0.5, 0.6) is 0 Å². The molecule has 2 aliphatic rings. The number of hydrogen-bond donors (Lipinski definition) is 0. The minimum absolute atomic E-state index is 0.0651. The first kappa shape index (κ1) is 11.4. The van der Waals surface area contributed by atoms with Gasteiger partial charge in [-0.1, -0.05) is 11.6 Å². The van der Waals surface area contributed by atoms with Crippen molar-refractivity contribution in [1.29, 1.82) is 0 Å². The Hall–Kier alpha value is -0.650. The second-order valence-corrected chi connectivity index (χ2v) is 6.92. The van der Waals surface area contributed by atoms with E-state index in [4.69, 9.17) is 11.6 Å². The van der Waals surface area contributed by atoms with Crippen molar-refractivity contribution in [2.75, 3.05) is 6.54 Å². The summed E-state index contributed by atoms with van der Waals surface area (Å²) < 4.78 is 26.5. The predicted molar refractivity (Wildman–Crippen MR) is 64.3 cm³/mol. The molecule has 1 aliphatic heterocycles. The van der Waals surface area contributed by atoms with Crippen molar-refractivity contribution in [3.05, 3.63) is 23.5 Å². The molecular formula is C11H13ClN2O2S. The van der Waals surface area contributed by atoms with E-state index < -0.39 is 10.0 Å². The molecule has 0 spiro atoms. The molecule has 1 saturated heterocycles. The molecule has 1 aliphatic carbocycles. The van der Waals surface area contributed by atoms with Crippen LogP contribution in [-0.2, 0) is 10.0 Å². The van der Waals surface area contributed by atoms with Crippen molar-refractivity contribution in [2.45, 2.75) is 30.2 Å². The van der Waals surface area contributed by atoms with Gasteiger partial charge in [0.1, 0.15) is 10.0 Å². The van der Waals surface area contributed by atoms with Gasteiger partial charge in [0.2, 0.25) is 10.0 Å². The molecule has 2 atom stereocenters. The van der Waals surface area contributed by atoms with E-state index in [9.17, 15) is 8.42 Å². The Balaban J connectivity index is 2.00. The molecular weight excluding hydrogens is 260 g/mol. The van der Waals surface area contributed by atoms with Crippen LogP contribution in [0.4, 0.5) is 0 Å². The van der Waals surface area contributed by atoms with Gasteiger partial charge in [-0.2, -0.15) is 4.31 Å². The SMILES string of the molecule is O=S(=O)(c1cccnc1Cl)N1CC2CCC1C2. The Morgan fingerprint density at radius 3 is 2.82 bits per heavy atom. The molecule has 2 fully saturated rings. The quantitative estimate of drug-likeness (QED) is 0.773. The number of piperidine rings is 1. The zero-order valence-corrected chi connectivity index (χ0v) is 10.8. The fraction of sp³-hybridized carbons (Fsp3) is 0.545. The van der Waals surface area contributed by atoms with Gasteiger partial charge in [0.25, 0.3) is 0 Å². The minimum Gasteiger partial charge on any atom is -0.243 e. The van der Waals surface area contributed by atoms with Crippen LogP contribution in [0.1, 0.15) is 19.3 Å². The number of sulfonamides is 1. The molecule has 17 heavy (non-hydrogen) atoms. The lowest BCUT2D eigenvalue weighted by atomic mass is 10.1. The van der Waals surface area contributed by atoms with E-state index in [1.54, 1.807) is 10.4 Å². The standard InChI is InChI=1S/C11H13ClN2O2S/c12-11-10(2-1-5-13-11)17(15,16)14-7-8-3-4-9(14)6-8/h1-2,5,8-9H,3-4,6-7H2. The highest BCUT2D eigenvalue weighted by atomic mass is 35.5. The van der Waals surface area contributed by atoms with Crippen LogP contribution in [0.15, 0.2) is 23.2 Å². The molecule has 3 rings (SSSR count). The number of aromatic nitrogens is 1. The van der Waals surface area contributed by atoms with Crippen molar-refractivity contribution in [2.24, 2.45) is 5.92 Å². The van der Waals surface area contributed by atoms with Gasteiger partial charge in [0, 0.05) is 18.8 Å². The average molecular weight is 273 g/mol. The zero-order chi connectivity index (χ0) is 12.0. The predicted octanol–water partition coefficient (Wildman–Crippen LogP) is 1.91. The number of halogens is 1. The Morgan fingerprint density at radius 2 is 2.24 bits per heavy atom. The maximum Gasteiger partial charge on any atom is 0.246 e. The lowest BCUT2D eigenvalue weighted by Crippen LogP contribution is -2.37. The van der Waals surface area contributed by atoms with Gasteiger partial charge in [-0.05, 0) is 37.3 Å².